The summed E-state index contributed by atoms with van der Waals surface area (Å²) in [6.45, 7) is 3.36. The van der Waals surface area contributed by atoms with Crippen LogP contribution in [0.1, 0.15) is 23.3 Å². The smallest absolute Gasteiger partial charge is 0.242 e. The Morgan fingerprint density at radius 1 is 1.27 bits per heavy atom. The summed E-state index contributed by atoms with van der Waals surface area (Å²) in [5.74, 6) is 0.857. The molecule has 0 bridgehead atoms. The Hall–Kier alpha value is -1.79. The van der Waals surface area contributed by atoms with Crippen molar-refractivity contribution in [3.63, 3.8) is 0 Å². The van der Waals surface area contributed by atoms with E-state index in [4.69, 9.17) is 0 Å². The first kappa shape index (κ1) is 19.0. The summed E-state index contributed by atoms with van der Waals surface area (Å²) in [7, 11) is 0. The topological polar surface area (TPSA) is 49.4 Å². The van der Waals surface area contributed by atoms with Crippen molar-refractivity contribution in [1.82, 2.24) is 10.2 Å². The Labute approximate surface area is 163 Å². The molecule has 0 saturated carbocycles. The molecule has 1 aromatic heterocycles. The first-order valence-electron chi connectivity index (χ1n) is 8.92. The van der Waals surface area contributed by atoms with Crippen LogP contribution in [-0.2, 0) is 16.0 Å². The summed E-state index contributed by atoms with van der Waals surface area (Å²) in [4.78, 5) is 29.0. The molecule has 1 unspecified atom stereocenters. The van der Waals surface area contributed by atoms with E-state index in [0.29, 0.717) is 19.5 Å². The van der Waals surface area contributed by atoms with Crippen molar-refractivity contribution >= 4 is 34.9 Å². The summed E-state index contributed by atoms with van der Waals surface area (Å²) < 4.78 is 0. The molecule has 0 radical (unpaired) electrons. The normalized spacial score (nSPS) is 16.7. The Kier molecular flexibility index (Phi) is 6.74. The van der Waals surface area contributed by atoms with Gasteiger partial charge in [-0.2, -0.15) is 0 Å². The minimum atomic E-state index is -0.313. The number of hydrogen-bond acceptors (Lipinski definition) is 4. The first-order chi connectivity index (χ1) is 12.6. The van der Waals surface area contributed by atoms with Gasteiger partial charge < -0.3 is 10.2 Å². The van der Waals surface area contributed by atoms with Gasteiger partial charge >= 0.3 is 0 Å². The van der Waals surface area contributed by atoms with E-state index in [0.717, 1.165) is 23.5 Å². The molecular formula is C20H24N2O2S2. The van der Waals surface area contributed by atoms with E-state index in [1.165, 1.54) is 10.5 Å². The third-order valence-electron chi connectivity index (χ3n) is 4.47. The second-order valence-electron chi connectivity index (χ2n) is 6.45. The maximum atomic E-state index is 12.5. The van der Waals surface area contributed by atoms with Crippen molar-refractivity contribution < 1.29 is 9.59 Å². The van der Waals surface area contributed by atoms with Crippen LogP contribution in [-0.4, -0.2) is 41.6 Å². The second-order valence-corrected chi connectivity index (χ2v) is 8.65. The quantitative estimate of drug-likeness (QED) is 0.583. The van der Waals surface area contributed by atoms with Crippen LogP contribution in [0.5, 0.6) is 0 Å². The van der Waals surface area contributed by atoms with Gasteiger partial charge in [-0.3, -0.25) is 9.59 Å². The Morgan fingerprint density at radius 2 is 2.08 bits per heavy atom. The molecule has 1 aliphatic heterocycles. The Balaban J connectivity index is 1.44. The molecule has 2 heterocycles. The molecule has 2 amide bonds. The molecular weight excluding hydrogens is 364 g/mol. The van der Waals surface area contributed by atoms with E-state index in [1.807, 2.05) is 17.5 Å². The number of nitrogens with one attached hydrogen (secondary N) is 1. The fraction of sp³-hybridized carbons (Fsp3) is 0.400. The average Bonchev–Trinajstić information content (AvgIpc) is 3.31. The molecule has 1 aromatic carbocycles. The predicted octanol–water partition coefficient (Wildman–Crippen LogP) is 3.50. The molecule has 1 atom stereocenters. The van der Waals surface area contributed by atoms with Crippen LogP contribution in [0, 0.1) is 6.92 Å². The lowest BCUT2D eigenvalue weighted by Crippen LogP contribution is -2.46. The van der Waals surface area contributed by atoms with Gasteiger partial charge in [-0.05, 0) is 43.3 Å². The number of thioether (sulfide) groups is 1. The molecule has 138 valence electrons. The summed E-state index contributed by atoms with van der Waals surface area (Å²) in [5.41, 5.74) is 1.25. The standard InChI is InChI=1S/C20H24N2O2S2/c1-15-6-8-16(9-7-15)26-13-10-21-20(24)18-5-2-11-22(18)19(23)14-17-4-3-12-25-17/h3-4,6-9,12,18H,2,5,10-11,13-14H2,1H3,(H,21,24). The van der Waals surface area contributed by atoms with Crippen LogP contribution in [0.2, 0.25) is 0 Å². The lowest BCUT2D eigenvalue weighted by atomic mass is 10.2. The zero-order chi connectivity index (χ0) is 18.4. The van der Waals surface area contributed by atoms with Crippen LogP contribution in [0.15, 0.2) is 46.7 Å². The minimum Gasteiger partial charge on any atom is -0.353 e. The van der Waals surface area contributed by atoms with E-state index >= 15 is 0 Å². The van der Waals surface area contributed by atoms with Gasteiger partial charge in [0.05, 0.1) is 6.42 Å². The molecule has 0 spiro atoms. The van der Waals surface area contributed by atoms with Crippen LogP contribution in [0.3, 0.4) is 0 Å². The van der Waals surface area contributed by atoms with Gasteiger partial charge in [0.1, 0.15) is 6.04 Å². The molecule has 1 fully saturated rings. The number of amides is 2. The van der Waals surface area contributed by atoms with E-state index in [9.17, 15) is 9.59 Å². The number of hydrogen-bond donors (Lipinski definition) is 1. The van der Waals surface area contributed by atoms with Crippen molar-refractivity contribution in [1.29, 1.82) is 0 Å². The van der Waals surface area contributed by atoms with Gasteiger partial charge in [0.15, 0.2) is 0 Å². The minimum absolute atomic E-state index is 0.0217. The maximum absolute atomic E-state index is 12.5. The number of benzene rings is 1. The maximum Gasteiger partial charge on any atom is 0.242 e. The fourth-order valence-corrected chi connectivity index (χ4v) is 4.56. The highest BCUT2D eigenvalue weighted by Gasteiger charge is 2.33. The van der Waals surface area contributed by atoms with Crippen molar-refractivity contribution in [2.24, 2.45) is 0 Å². The summed E-state index contributed by atoms with van der Waals surface area (Å²) in [6, 6.07) is 12.0. The predicted molar refractivity (Wildman–Crippen MR) is 108 cm³/mol. The molecule has 6 heteroatoms. The van der Waals surface area contributed by atoms with Crippen molar-refractivity contribution in [3.8, 4) is 0 Å². The number of rotatable bonds is 7. The molecule has 1 aliphatic rings. The zero-order valence-corrected chi connectivity index (χ0v) is 16.6. The van der Waals surface area contributed by atoms with E-state index in [2.05, 4.69) is 36.5 Å². The number of thiophene rings is 1. The largest absolute Gasteiger partial charge is 0.353 e. The van der Waals surface area contributed by atoms with E-state index in [-0.39, 0.29) is 17.9 Å². The number of aryl methyl sites for hydroxylation is 1. The molecule has 0 aliphatic carbocycles. The molecule has 26 heavy (non-hydrogen) atoms. The summed E-state index contributed by atoms with van der Waals surface area (Å²) in [6.07, 6.45) is 2.05. The van der Waals surface area contributed by atoms with Crippen LogP contribution >= 0.6 is 23.1 Å². The van der Waals surface area contributed by atoms with Crippen LogP contribution < -0.4 is 5.32 Å². The second kappa shape index (κ2) is 9.24. The van der Waals surface area contributed by atoms with Crippen molar-refractivity contribution in [3.05, 3.63) is 52.2 Å². The highest BCUT2D eigenvalue weighted by Crippen LogP contribution is 2.21. The first-order valence-corrected chi connectivity index (χ1v) is 10.8. The summed E-state index contributed by atoms with van der Waals surface area (Å²) in [5, 5.41) is 4.97. The highest BCUT2D eigenvalue weighted by molar-refractivity contribution is 7.99. The van der Waals surface area contributed by atoms with Gasteiger partial charge in [-0.15, -0.1) is 23.1 Å². The number of carbonyl (C=O) groups is 2. The zero-order valence-electron chi connectivity index (χ0n) is 14.9. The van der Waals surface area contributed by atoms with Crippen LogP contribution in [0.4, 0.5) is 0 Å². The van der Waals surface area contributed by atoms with Gasteiger partial charge in [-0.25, -0.2) is 0 Å². The fourth-order valence-electron chi connectivity index (χ4n) is 3.10. The highest BCUT2D eigenvalue weighted by atomic mass is 32.2. The van der Waals surface area contributed by atoms with Crippen molar-refractivity contribution in [2.45, 2.75) is 37.1 Å². The Morgan fingerprint density at radius 3 is 2.81 bits per heavy atom. The number of likely N-dealkylation sites (tertiary alicyclic amines) is 1. The molecule has 4 nitrogen and oxygen atoms in total. The van der Waals surface area contributed by atoms with Crippen LogP contribution in [0.25, 0.3) is 0 Å². The lowest BCUT2D eigenvalue weighted by molar-refractivity contribution is -0.137. The third-order valence-corrected chi connectivity index (χ3v) is 6.36. The van der Waals surface area contributed by atoms with Gasteiger partial charge in [0.2, 0.25) is 11.8 Å². The SMILES string of the molecule is Cc1ccc(SCCNC(=O)C2CCCN2C(=O)Cc2cccs2)cc1. The number of carbonyl (C=O) groups excluding carboxylic acids is 2. The number of nitrogens with zero attached hydrogens (tertiary/aromatic N) is 1. The Bertz CT molecular complexity index is 729. The van der Waals surface area contributed by atoms with E-state index < -0.39 is 0 Å². The molecule has 1 saturated heterocycles. The lowest BCUT2D eigenvalue weighted by Gasteiger charge is -2.23. The van der Waals surface area contributed by atoms with Gasteiger partial charge in [0, 0.05) is 28.6 Å². The molecule has 2 aromatic rings. The van der Waals surface area contributed by atoms with Gasteiger partial charge in [-0.1, -0.05) is 23.8 Å². The average molecular weight is 389 g/mol. The monoisotopic (exact) mass is 388 g/mol. The van der Waals surface area contributed by atoms with E-state index in [1.54, 1.807) is 28.0 Å². The summed E-state index contributed by atoms with van der Waals surface area (Å²) >= 11 is 3.31. The molecule has 3 rings (SSSR count). The third kappa shape index (κ3) is 5.11. The van der Waals surface area contributed by atoms with Crippen molar-refractivity contribution in [2.75, 3.05) is 18.8 Å². The molecule has 1 N–H and O–H groups in total. The van der Waals surface area contributed by atoms with Gasteiger partial charge in [0.25, 0.3) is 0 Å².